The maximum Gasteiger partial charge on any atom is 0.285 e. The SMILES string of the molecule is Cc1cccc(C(=O)N2CC(C)NC(C)C2)c1[N+](=O)[O-]. The summed E-state index contributed by atoms with van der Waals surface area (Å²) in [7, 11) is 0. The van der Waals surface area contributed by atoms with Crippen LogP contribution < -0.4 is 5.32 Å². The first-order valence-electron chi connectivity index (χ1n) is 6.69. The van der Waals surface area contributed by atoms with Gasteiger partial charge >= 0.3 is 0 Å². The van der Waals surface area contributed by atoms with Gasteiger partial charge in [-0.3, -0.25) is 14.9 Å². The number of hydrogen-bond donors (Lipinski definition) is 1. The molecule has 6 heteroatoms. The van der Waals surface area contributed by atoms with Crippen LogP contribution in [-0.4, -0.2) is 40.9 Å². The zero-order valence-corrected chi connectivity index (χ0v) is 11.9. The number of rotatable bonds is 2. The third kappa shape index (κ3) is 2.80. The first-order valence-corrected chi connectivity index (χ1v) is 6.69. The Hall–Kier alpha value is -1.95. The minimum atomic E-state index is -0.475. The highest BCUT2D eigenvalue weighted by Crippen LogP contribution is 2.25. The molecule has 1 aromatic rings. The molecule has 0 spiro atoms. The number of aryl methyl sites for hydroxylation is 1. The number of amides is 1. The lowest BCUT2D eigenvalue weighted by Crippen LogP contribution is -2.55. The molecule has 0 radical (unpaired) electrons. The molecule has 0 aromatic heterocycles. The summed E-state index contributed by atoms with van der Waals surface area (Å²) in [5.41, 5.74) is 0.602. The molecule has 1 heterocycles. The monoisotopic (exact) mass is 277 g/mol. The molecule has 1 N–H and O–H groups in total. The van der Waals surface area contributed by atoms with E-state index in [1.165, 1.54) is 6.07 Å². The highest BCUT2D eigenvalue weighted by atomic mass is 16.6. The van der Waals surface area contributed by atoms with Gasteiger partial charge in [-0.05, 0) is 26.8 Å². The van der Waals surface area contributed by atoms with Gasteiger partial charge in [-0.1, -0.05) is 12.1 Å². The standard InChI is InChI=1S/C14H19N3O3/c1-9-5-4-6-12(13(9)17(19)20)14(18)16-7-10(2)15-11(3)8-16/h4-6,10-11,15H,7-8H2,1-3H3. The van der Waals surface area contributed by atoms with Crippen molar-refractivity contribution in [3.05, 3.63) is 39.4 Å². The molecule has 0 saturated carbocycles. The van der Waals surface area contributed by atoms with Crippen molar-refractivity contribution >= 4 is 11.6 Å². The van der Waals surface area contributed by atoms with Crippen molar-refractivity contribution in [2.45, 2.75) is 32.9 Å². The maximum absolute atomic E-state index is 12.6. The number of nitro groups is 1. The predicted molar refractivity (Wildman–Crippen MR) is 75.8 cm³/mol. The van der Waals surface area contributed by atoms with Crippen molar-refractivity contribution < 1.29 is 9.72 Å². The normalized spacial score (nSPS) is 22.6. The molecule has 6 nitrogen and oxygen atoms in total. The Bertz CT molecular complexity index is 534. The number of para-hydroxylation sites is 1. The minimum Gasteiger partial charge on any atom is -0.335 e. The first kappa shape index (κ1) is 14.5. The van der Waals surface area contributed by atoms with Crippen LogP contribution in [0.3, 0.4) is 0 Å². The van der Waals surface area contributed by atoms with Crippen LogP contribution in [0.5, 0.6) is 0 Å². The predicted octanol–water partition coefficient (Wildman–Crippen LogP) is 1.73. The molecule has 2 atom stereocenters. The number of benzene rings is 1. The van der Waals surface area contributed by atoms with Crippen molar-refractivity contribution in [2.24, 2.45) is 0 Å². The zero-order chi connectivity index (χ0) is 14.9. The molecule has 1 aliphatic heterocycles. The highest BCUT2D eigenvalue weighted by Gasteiger charge is 2.30. The Balaban J connectivity index is 2.34. The molecule has 1 aromatic carbocycles. The van der Waals surface area contributed by atoms with E-state index in [0.717, 1.165) is 0 Å². The Morgan fingerprint density at radius 2 is 1.95 bits per heavy atom. The van der Waals surface area contributed by atoms with Crippen molar-refractivity contribution in [2.75, 3.05) is 13.1 Å². The second kappa shape index (κ2) is 5.58. The van der Waals surface area contributed by atoms with Crippen molar-refractivity contribution in [3.63, 3.8) is 0 Å². The summed E-state index contributed by atoms with van der Waals surface area (Å²) in [5.74, 6) is -0.263. The number of nitrogens with zero attached hydrogens (tertiary/aromatic N) is 2. The summed E-state index contributed by atoms with van der Waals surface area (Å²) in [6.45, 7) is 6.78. The molecule has 0 bridgehead atoms. The Kier molecular flexibility index (Phi) is 4.04. The maximum atomic E-state index is 12.6. The largest absolute Gasteiger partial charge is 0.335 e. The van der Waals surface area contributed by atoms with Gasteiger partial charge in [0.1, 0.15) is 5.56 Å². The van der Waals surface area contributed by atoms with Gasteiger partial charge in [0.25, 0.3) is 11.6 Å². The number of carbonyl (C=O) groups excluding carboxylic acids is 1. The topological polar surface area (TPSA) is 75.5 Å². The van der Waals surface area contributed by atoms with E-state index in [9.17, 15) is 14.9 Å². The van der Waals surface area contributed by atoms with E-state index in [4.69, 9.17) is 0 Å². The smallest absolute Gasteiger partial charge is 0.285 e. The highest BCUT2D eigenvalue weighted by molar-refractivity contribution is 5.98. The molecule has 1 saturated heterocycles. The fraction of sp³-hybridized carbons (Fsp3) is 0.500. The molecule has 2 rings (SSSR count). The van der Waals surface area contributed by atoms with Crippen LogP contribution in [0.4, 0.5) is 5.69 Å². The lowest BCUT2D eigenvalue weighted by molar-refractivity contribution is -0.385. The van der Waals surface area contributed by atoms with Crippen LogP contribution in [0.15, 0.2) is 18.2 Å². The van der Waals surface area contributed by atoms with E-state index in [2.05, 4.69) is 5.32 Å². The number of nitrogens with one attached hydrogen (secondary N) is 1. The number of piperazine rings is 1. The third-order valence-electron chi connectivity index (χ3n) is 3.50. The Labute approximate surface area is 117 Å². The van der Waals surface area contributed by atoms with E-state index in [0.29, 0.717) is 18.7 Å². The van der Waals surface area contributed by atoms with Crippen LogP contribution in [0, 0.1) is 17.0 Å². The van der Waals surface area contributed by atoms with Gasteiger partial charge < -0.3 is 10.2 Å². The molecule has 108 valence electrons. The van der Waals surface area contributed by atoms with E-state index in [-0.39, 0.29) is 29.2 Å². The molecular formula is C14H19N3O3. The van der Waals surface area contributed by atoms with Crippen molar-refractivity contribution in [1.29, 1.82) is 0 Å². The average Bonchev–Trinajstić information content (AvgIpc) is 2.35. The van der Waals surface area contributed by atoms with Gasteiger partial charge in [0.2, 0.25) is 0 Å². The zero-order valence-electron chi connectivity index (χ0n) is 11.9. The second-order valence-corrected chi connectivity index (χ2v) is 5.41. The number of hydrogen-bond acceptors (Lipinski definition) is 4. The van der Waals surface area contributed by atoms with E-state index < -0.39 is 4.92 Å². The lowest BCUT2D eigenvalue weighted by atomic mass is 10.1. The summed E-state index contributed by atoms with van der Waals surface area (Å²) in [5, 5.41) is 14.5. The summed E-state index contributed by atoms with van der Waals surface area (Å²) in [6.07, 6.45) is 0. The molecule has 1 fully saturated rings. The van der Waals surface area contributed by atoms with Crippen LogP contribution in [0.1, 0.15) is 29.8 Å². The summed E-state index contributed by atoms with van der Waals surface area (Å²) in [6, 6.07) is 5.24. The van der Waals surface area contributed by atoms with Crippen LogP contribution in [-0.2, 0) is 0 Å². The molecule has 20 heavy (non-hydrogen) atoms. The molecule has 1 aliphatic rings. The molecule has 2 unspecified atom stereocenters. The summed E-state index contributed by atoms with van der Waals surface area (Å²) in [4.78, 5) is 25.0. The number of nitro benzene ring substituents is 1. The first-order chi connectivity index (χ1) is 9.40. The Morgan fingerprint density at radius 3 is 2.50 bits per heavy atom. The third-order valence-corrected chi connectivity index (χ3v) is 3.50. The summed E-state index contributed by atoms with van der Waals surface area (Å²) >= 11 is 0. The van der Waals surface area contributed by atoms with E-state index in [1.807, 2.05) is 13.8 Å². The van der Waals surface area contributed by atoms with Crippen LogP contribution in [0.2, 0.25) is 0 Å². The quantitative estimate of drug-likeness (QED) is 0.659. The van der Waals surface area contributed by atoms with Gasteiger partial charge in [0.15, 0.2) is 0 Å². The van der Waals surface area contributed by atoms with Gasteiger partial charge in [-0.2, -0.15) is 0 Å². The van der Waals surface area contributed by atoms with Crippen molar-refractivity contribution in [1.82, 2.24) is 10.2 Å². The van der Waals surface area contributed by atoms with Crippen molar-refractivity contribution in [3.8, 4) is 0 Å². The van der Waals surface area contributed by atoms with Crippen LogP contribution >= 0.6 is 0 Å². The number of carbonyl (C=O) groups is 1. The van der Waals surface area contributed by atoms with Gasteiger partial charge in [-0.15, -0.1) is 0 Å². The lowest BCUT2D eigenvalue weighted by Gasteiger charge is -2.36. The van der Waals surface area contributed by atoms with Crippen LogP contribution in [0.25, 0.3) is 0 Å². The van der Waals surface area contributed by atoms with Gasteiger partial charge in [0, 0.05) is 30.7 Å². The van der Waals surface area contributed by atoms with E-state index >= 15 is 0 Å². The van der Waals surface area contributed by atoms with E-state index in [1.54, 1.807) is 24.0 Å². The molecule has 1 amide bonds. The second-order valence-electron chi connectivity index (χ2n) is 5.41. The fourth-order valence-corrected chi connectivity index (χ4v) is 2.74. The average molecular weight is 277 g/mol. The molecular weight excluding hydrogens is 258 g/mol. The fourth-order valence-electron chi connectivity index (χ4n) is 2.74. The molecule has 0 aliphatic carbocycles. The van der Waals surface area contributed by atoms with Gasteiger partial charge in [0.05, 0.1) is 4.92 Å². The minimum absolute atomic E-state index is 0.0867. The van der Waals surface area contributed by atoms with Gasteiger partial charge in [-0.25, -0.2) is 0 Å². The summed E-state index contributed by atoms with van der Waals surface area (Å²) < 4.78 is 0. The Morgan fingerprint density at radius 1 is 1.35 bits per heavy atom.